The summed E-state index contributed by atoms with van der Waals surface area (Å²) in [5, 5.41) is 0. The molecule has 3 N–H and O–H groups in total. The van der Waals surface area contributed by atoms with Gasteiger partial charge in [0.05, 0.1) is 0 Å². The van der Waals surface area contributed by atoms with E-state index < -0.39 is 0 Å². The van der Waals surface area contributed by atoms with Gasteiger partial charge in [-0.3, -0.25) is 11.3 Å². The van der Waals surface area contributed by atoms with Gasteiger partial charge in [-0.25, -0.2) is 0 Å². The van der Waals surface area contributed by atoms with Crippen LogP contribution < -0.4 is 11.3 Å². The van der Waals surface area contributed by atoms with Gasteiger partial charge < -0.3 is 0 Å². The average Bonchev–Trinajstić information content (AvgIpc) is 1.98. The first-order valence-electron chi connectivity index (χ1n) is 4.23. The number of nitrogens with two attached hydrogens (primary N) is 1. The third-order valence-corrected chi connectivity index (χ3v) is 1.96. The van der Waals surface area contributed by atoms with Crippen molar-refractivity contribution in [2.75, 3.05) is 0 Å². The molecule has 0 aliphatic carbocycles. The van der Waals surface area contributed by atoms with Crippen LogP contribution in [0.3, 0.4) is 0 Å². The fraction of sp³-hybridized carbons (Fsp3) is 0.778. The first kappa shape index (κ1) is 10.7. The Morgan fingerprint density at radius 1 is 1.55 bits per heavy atom. The van der Waals surface area contributed by atoms with Gasteiger partial charge in [-0.2, -0.15) is 0 Å². The van der Waals surface area contributed by atoms with Gasteiger partial charge in [0.25, 0.3) is 0 Å². The summed E-state index contributed by atoms with van der Waals surface area (Å²) in [5.41, 5.74) is 4.12. The van der Waals surface area contributed by atoms with Crippen LogP contribution >= 0.6 is 0 Å². The van der Waals surface area contributed by atoms with Crippen molar-refractivity contribution in [1.29, 1.82) is 0 Å². The monoisotopic (exact) mass is 156 g/mol. The molecule has 11 heavy (non-hydrogen) atoms. The maximum atomic E-state index is 5.40. The normalized spacial score (nSPS) is 15.7. The molecule has 2 unspecified atom stereocenters. The topological polar surface area (TPSA) is 38.0 Å². The van der Waals surface area contributed by atoms with Crippen LogP contribution in [0.1, 0.15) is 34.1 Å². The van der Waals surface area contributed by atoms with Gasteiger partial charge in [-0.05, 0) is 19.8 Å². The van der Waals surface area contributed by atoms with Crippen molar-refractivity contribution in [3.63, 3.8) is 0 Å². The molecule has 0 aliphatic heterocycles. The second-order valence-electron chi connectivity index (χ2n) is 3.32. The molecule has 0 aromatic heterocycles. The standard InChI is InChI=1S/C9H20N2/c1-5-8(4)9(11-10)6-7(2)3/h6,8-9,11H,5,10H2,1-4H3. The predicted molar refractivity (Wildman–Crippen MR) is 50.0 cm³/mol. The minimum absolute atomic E-state index is 0.324. The molecule has 0 bridgehead atoms. The van der Waals surface area contributed by atoms with Gasteiger partial charge in [0.1, 0.15) is 0 Å². The minimum Gasteiger partial charge on any atom is -0.271 e. The highest BCUT2D eigenvalue weighted by molar-refractivity contribution is 5.01. The first-order valence-corrected chi connectivity index (χ1v) is 4.23. The van der Waals surface area contributed by atoms with Gasteiger partial charge in [-0.1, -0.05) is 31.9 Å². The summed E-state index contributed by atoms with van der Waals surface area (Å²) < 4.78 is 0. The van der Waals surface area contributed by atoms with Crippen molar-refractivity contribution in [2.24, 2.45) is 11.8 Å². The summed E-state index contributed by atoms with van der Waals surface area (Å²) in [6.45, 7) is 8.55. The van der Waals surface area contributed by atoms with Crippen LogP contribution in [-0.2, 0) is 0 Å². The van der Waals surface area contributed by atoms with E-state index >= 15 is 0 Å². The molecule has 0 heterocycles. The van der Waals surface area contributed by atoms with Crippen LogP contribution in [0.2, 0.25) is 0 Å². The molecule has 0 saturated carbocycles. The second kappa shape index (κ2) is 5.33. The average molecular weight is 156 g/mol. The van der Waals surface area contributed by atoms with Crippen LogP contribution in [0.15, 0.2) is 11.6 Å². The van der Waals surface area contributed by atoms with E-state index in [1.54, 1.807) is 0 Å². The van der Waals surface area contributed by atoms with Crippen LogP contribution in [0, 0.1) is 5.92 Å². The first-order chi connectivity index (χ1) is 5.11. The van der Waals surface area contributed by atoms with E-state index in [4.69, 9.17) is 5.84 Å². The van der Waals surface area contributed by atoms with Gasteiger partial charge in [0.2, 0.25) is 0 Å². The summed E-state index contributed by atoms with van der Waals surface area (Å²) in [7, 11) is 0. The van der Waals surface area contributed by atoms with Crippen molar-refractivity contribution in [3.8, 4) is 0 Å². The molecule has 0 rings (SSSR count). The Hall–Kier alpha value is -0.340. The van der Waals surface area contributed by atoms with Crippen LogP contribution in [-0.4, -0.2) is 6.04 Å². The van der Waals surface area contributed by atoms with E-state index in [2.05, 4.69) is 39.2 Å². The quantitative estimate of drug-likeness (QED) is 0.370. The molecule has 2 atom stereocenters. The Labute approximate surface area is 69.8 Å². The van der Waals surface area contributed by atoms with Gasteiger partial charge in [0.15, 0.2) is 0 Å². The van der Waals surface area contributed by atoms with E-state index in [-0.39, 0.29) is 0 Å². The molecule has 0 spiro atoms. The lowest BCUT2D eigenvalue weighted by molar-refractivity contribution is 0.429. The largest absolute Gasteiger partial charge is 0.271 e. The van der Waals surface area contributed by atoms with Crippen molar-refractivity contribution in [2.45, 2.75) is 40.2 Å². The molecule has 0 radical (unpaired) electrons. The fourth-order valence-electron chi connectivity index (χ4n) is 0.990. The minimum atomic E-state index is 0.324. The molecule has 0 aliphatic rings. The zero-order chi connectivity index (χ0) is 8.85. The molecule has 2 nitrogen and oxygen atoms in total. The van der Waals surface area contributed by atoms with Gasteiger partial charge >= 0.3 is 0 Å². The van der Waals surface area contributed by atoms with Gasteiger partial charge in [0, 0.05) is 6.04 Å². The summed E-state index contributed by atoms with van der Waals surface area (Å²) in [4.78, 5) is 0. The molecule has 2 heteroatoms. The fourth-order valence-corrected chi connectivity index (χ4v) is 0.990. The summed E-state index contributed by atoms with van der Waals surface area (Å²) in [5.74, 6) is 6.01. The number of hydrogen-bond acceptors (Lipinski definition) is 2. The number of allylic oxidation sites excluding steroid dienone is 1. The van der Waals surface area contributed by atoms with Gasteiger partial charge in [-0.15, -0.1) is 0 Å². The highest BCUT2D eigenvalue weighted by Crippen LogP contribution is 2.09. The number of nitrogens with one attached hydrogen (secondary N) is 1. The predicted octanol–water partition coefficient (Wildman–Crippen LogP) is 1.83. The third-order valence-electron chi connectivity index (χ3n) is 1.96. The number of rotatable bonds is 4. The zero-order valence-electron chi connectivity index (χ0n) is 8.02. The molecule has 0 aromatic rings. The Morgan fingerprint density at radius 3 is 2.36 bits per heavy atom. The van der Waals surface area contributed by atoms with E-state index in [9.17, 15) is 0 Å². The Morgan fingerprint density at radius 2 is 2.09 bits per heavy atom. The SMILES string of the molecule is CCC(C)C(C=C(C)C)NN. The van der Waals surface area contributed by atoms with Crippen molar-refractivity contribution >= 4 is 0 Å². The maximum absolute atomic E-state index is 5.40. The lowest BCUT2D eigenvalue weighted by Crippen LogP contribution is -2.38. The van der Waals surface area contributed by atoms with E-state index in [0.717, 1.165) is 6.42 Å². The lowest BCUT2D eigenvalue weighted by Gasteiger charge is -2.18. The van der Waals surface area contributed by atoms with Crippen molar-refractivity contribution in [3.05, 3.63) is 11.6 Å². The molecular weight excluding hydrogens is 136 g/mol. The van der Waals surface area contributed by atoms with Crippen LogP contribution in [0.25, 0.3) is 0 Å². The third kappa shape index (κ3) is 4.17. The highest BCUT2D eigenvalue weighted by atomic mass is 15.2. The smallest absolute Gasteiger partial charge is 0.0418 e. The number of hydrazine groups is 1. The Bertz CT molecular complexity index is 126. The van der Waals surface area contributed by atoms with Crippen molar-refractivity contribution in [1.82, 2.24) is 5.43 Å². The molecule has 0 fully saturated rings. The lowest BCUT2D eigenvalue weighted by atomic mass is 9.98. The molecule has 0 aromatic carbocycles. The van der Waals surface area contributed by atoms with E-state index in [1.807, 2.05) is 0 Å². The molecule has 0 amide bonds. The summed E-state index contributed by atoms with van der Waals surface area (Å²) >= 11 is 0. The van der Waals surface area contributed by atoms with E-state index in [1.165, 1.54) is 5.57 Å². The second-order valence-corrected chi connectivity index (χ2v) is 3.32. The summed E-state index contributed by atoms with van der Waals surface area (Å²) in [6.07, 6.45) is 3.33. The van der Waals surface area contributed by atoms with Crippen LogP contribution in [0.5, 0.6) is 0 Å². The summed E-state index contributed by atoms with van der Waals surface area (Å²) in [6, 6.07) is 0.324. The van der Waals surface area contributed by atoms with E-state index in [0.29, 0.717) is 12.0 Å². The molecule has 0 saturated heterocycles. The Kier molecular flexibility index (Phi) is 5.16. The highest BCUT2D eigenvalue weighted by Gasteiger charge is 2.09. The van der Waals surface area contributed by atoms with Crippen molar-refractivity contribution < 1.29 is 0 Å². The van der Waals surface area contributed by atoms with Crippen LogP contribution in [0.4, 0.5) is 0 Å². The molecule has 66 valence electrons. The maximum Gasteiger partial charge on any atom is 0.0418 e. The number of hydrogen-bond donors (Lipinski definition) is 2. The Balaban J connectivity index is 4.05. The zero-order valence-corrected chi connectivity index (χ0v) is 8.02. The molecular formula is C9H20N2.